The molecular weight excluding hydrogens is 326 g/mol. The van der Waals surface area contributed by atoms with Crippen molar-refractivity contribution in [2.24, 2.45) is 0 Å². The Balaban J connectivity index is 2.05. The Morgan fingerprint density at radius 2 is 1.29 bits per heavy atom. The van der Waals surface area contributed by atoms with Crippen LogP contribution in [0.3, 0.4) is 0 Å². The van der Waals surface area contributed by atoms with E-state index in [1.165, 1.54) is 0 Å². The van der Waals surface area contributed by atoms with E-state index < -0.39 is 27.0 Å². The number of rotatable bonds is 3. The van der Waals surface area contributed by atoms with E-state index in [9.17, 15) is 18.0 Å². The molecule has 1 aliphatic rings. The van der Waals surface area contributed by atoms with Crippen LogP contribution in [-0.4, -0.2) is 36.3 Å². The summed E-state index contributed by atoms with van der Waals surface area (Å²) in [5.41, 5.74) is 0.591. The van der Waals surface area contributed by atoms with Crippen molar-refractivity contribution >= 4 is 21.7 Å². The van der Waals surface area contributed by atoms with Crippen LogP contribution in [0.15, 0.2) is 60.7 Å². The van der Waals surface area contributed by atoms with E-state index in [4.69, 9.17) is 0 Å². The molecule has 124 valence electrons. The molecule has 5 nitrogen and oxygen atoms in total. The fourth-order valence-corrected chi connectivity index (χ4v) is 4.74. The van der Waals surface area contributed by atoms with E-state index in [1.54, 1.807) is 60.7 Å². The number of sulfone groups is 1. The van der Waals surface area contributed by atoms with Crippen molar-refractivity contribution < 1.29 is 18.0 Å². The fourth-order valence-electron chi connectivity index (χ4n) is 2.86. The SMILES string of the molecule is O=C(c1ccccc1)N(C(=O)c1ccccc1)C1CCCS1(=O)=O. The normalized spacial score (nSPS) is 18.9. The van der Waals surface area contributed by atoms with Gasteiger partial charge in [0.1, 0.15) is 5.37 Å². The molecule has 0 aromatic heterocycles. The topological polar surface area (TPSA) is 71.5 Å². The highest BCUT2D eigenvalue weighted by Gasteiger charge is 2.42. The number of hydrogen-bond acceptors (Lipinski definition) is 4. The highest BCUT2D eigenvalue weighted by Crippen LogP contribution is 2.26. The zero-order valence-corrected chi connectivity index (χ0v) is 13.8. The average molecular weight is 343 g/mol. The minimum Gasteiger partial charge on any atom is -0.269 e. The molecule has 2 aromatic carbocycles. The van der Waals surface area contributed by atoms with Gasteiger partial charge in [0.05, 0.1) is 5.75 Å². The van der Waals surface area contributed by atoms with Gasteiger partial charge in [-0.25, -0.2) is 8.42 Å². The lowest BCUT2D eigenvalue weighted by Crippen LogP contribution is -2.46. The van der Waals surface area contributed by atoms with Gasteiger partial charge in [-0.15, -0.1) is 0 Å². The monoisotopic (exact) mass is 343 g/mol. The number of nitrogens with zero attached hydrogens (tertiary/aromatic N) is 1. The zero-order chi connectivity index (χ0) is 17.2. The maximum Gasteiger partial charge on any atom is 0.261 e. The second-order valence-corrected chi connectivity index (χ2v) is 7.95. The van der Waals surface area contributed by atoms with Crippen LogP contribution in [0.2, 0.25) is 0 Å². The standard InChI is InChI=1S/C18H17NO4S/c20-17(14-8-3-1-4-9-14)19(16-12-7-13-24(16,22)23)18(21)15-10-5-2-6-11-15/h1-6,8-11,16H,7,12-13H2. The molecule has 0 N–H and O–H groups in total. The highest BCUT2D eigenvalue weighted by atomic mass is 32.2. The number of hydrogen-bond donors (Lipinski definition) is 0. The predicted octanol–water partition coefficient (Wildman–Crippen LogP) is 2.50. The van der Waals surface area contributed by atoms with E-state index in [0.717, 1.165) is 4.90 Å². The molecule has 3 rings (SSSR count). The lowest BCUT2D eigenvalue weighted by Gasteiger charge is -2.26. The quantitative estimate of drug-likeness (QED) is 0.803. The molecule has 0 bridgehead atoms. The van der Waals surface area contributed by atoms with Crippen molar-refractivity contribution in [3.8, 4) is 0 Å². The first-order valence-electron chi connectivity index (χ1n) is 7.70. The van der Waals surface area contributed by atoms with E-state index in [1.807, 2.05) is 0 Å². The van der Waals surface area contributed by atoms with Gasteiger partial charge in [-0.05, 0) is 37.1 Å². The summed E-state index contributed by atoms with van der Waals surface area (Å²) in [6, 6.07) is 16.6. The molecule has 1 fully saturated rings. The van der Waals surface area contributed by atoms with Gasteiger partial charge >= 0.3 is 0 Å². The second kappa shape index (κ2) is 6.57. The van der Waals surface area contributed by atoms with Crippen LogP contribution in [0.1, 0.15) is 33.6 Å². The molecule has 1 aliphatic heterocycles. The Morgan fingerprint density at radius 3 is 1.67 bits per heavy atom. The molecule has 24 heavy (non-hydrogen) atoms. The first-order chi connectivity index (χ1) is 11.5. The molecule has 1 heterocycles. The van der Waals surface area contributed by atoms with Crippen LogP contribution < -0.4 is 0 Å². The summed E-state index contributed by atoms with van der Waals surface area (Å²) < 4.78 is 24.7. The Bertz CT molecular complexity index is 796. The molecule has 6 heteroatoms. The van der Waals surface area contributed by atoms with Gasteiger partial charge < -0.3 is 0 Å². The third-order valence-electron chi connectivity index (χ3n) is 4.06. The highest BCUT2D eigenvalue weighted by molar-refractivity contribution is 7.92. The lowest BCUT2D eigenvalue weighted by atomic mass is 10.1. The van der Waals surface area contributed by atoms with Crippen molar-refractivity contribution in [1.82, 2.24) is 4.90 Å². The van der Waals surface area contributed by atoms with Gasteiger partial charge in [0.2, 0.25) is 0 Å². The molecule has 0 spiro atoms. The summed E-state index contributed by atoms with van der Waals surface area (Å²) in [7, 11) is -3.51. The number of carbonyl (C=O) groups is 2. The Labute approximate surface area is 140 Å². The Morgan fingerprint density at radius 1 is 0.833 bits per heavy atom. The van der Waals surface area contributed by atoms with Crippen molar-refractivity contribution in [1.29, 1.82) is 0 Å². The van der Waals surface area contributed by atoms with Crippen molar-refractivity contribution in [3.63, 3.8) is 0 Å². The van der Waals surface area contributed by atoms with Gasteiger partial charge in [-0.3, -0.25) is 14.5 Å². The minimum atomic E-state index is -3.51. The predicted molar refractivity (Wildman–Crippen MR) is 90.2 cm³/mol. The maximum absolute atomic E-state index is 12.9. The summed E-state index contributed by atoms with van der Waals surface area (Å²) in [5, 5.41) is -1.10. The second-order valence-electron chi connectivity index (χ2n) is 5.68. The molecular formula is C18H17NO4S. The fraction of sp³-hybridized carbons (Fsp3) is 0.222. The number of amides is 2. The first kappa shape index (κ1) is 16.4. The molecule has 0 saturated carbocycles. The Hall–Kier alpha value is -2.47. The summed E-state index contributed by atoms with van der Waals surface area (Å²) in [6.07, 6.45) is 0.729. The molecule has 1 unspecified atom stereocenters. The van der Waals surface area contributed by atoms with Crippen LogP contribution in [0.4, 0.5) is 0 Å². The Kier molecular flexibility index (Phi) is 4.49. The van der Waals surface area contributed by atoms with Crippen LogP contribution in [0.25, 0.3) is 0 Å². The van der Waals surface area contributed by atoms with Gasteiger partial charge in [0.15, 0.2) is 9.84 Å². The maximum atomic E-state index is 12.9. The number of imide groups is 1. The third-order valence-corrected chi connectivity index (χ3v) is 6.19. The van der Waals surface area contributed by atoms with Crippen molar-refractivity contribution in [2.45, 2.75) is 18.2 Å². The van der Waals surface area contributed by atoms with E-state index in [0.29, 0.717) is 17.5 Å². The van der Waals surface area contributed by atoms with E-state index in [-0.39, 0.29) is 12.2 Å². The van der Waals surface area contributed by atoms with Crippen molar-refractivity contribution in [3.05, 3.63) is 71.8 Å². The molecule has 2 aromatic rings. The number of carbonyl (C=O) groups excluding carboxylic acids is 2. The largest absolute Gasteiger partial charge is 0.269 e. The van der Waals surface area contributed by atoms with Gasteiger partial charge in [-0.1, -0.05) is 36.4 Å². The van der Waals surface area contributed by atoms with E-state index >= 15 is 0 Å². The molecule has 0 radical (unpaired) electrons. The van der Waals surface area contributed by atoms with Crippen LogP contribution >= 0.6 is 0 Å². The molecule has 1 atom stereocenters. The summed E-state index contributed by atoms with van der Waals surface area (Å²) in [6.45, 7) is 0. The smallest absolute Gasteiger partial charge is 0.261 e. The van der Waals surface area contributed by atoms with Gasteiger partial charge in [0.25, 0.3) is 11.8 Å². The average Bonchev–Trinajstić information content (AvgIpc) is 2.95. The molecule has 1 saturated heterocycles. The van der Waals surface area contributed by atoms with Crippen LogP contribution in [0.5, 0.6) is 0 Å². The number of benzene rings is 2. The summed E-state index contributed by atoms with van der Waals surface area (Å²) >= 11 is 0. The van der Waals surface area contributed by atoms with E-state index in [2.05, 4.69) is 0 Å². The minimum absolute atomic E-state index is 0.00168. The first-order valence-corrected chi connectivity index (χ1v) is 9.42. The lowest BCUT2D eigenvalue weighted by molar-refractivity contribution is 0.0592. The van der Waals surface area contributed by atoms with Crippen molar-refractivity contribution in [2.75, 3.05) is 5.75 Å². The van der Waals surface area contributed by atoms with Crippen LogP contribution in [0, 0.1) is 0 Å². The molecule has 2 amide bonds. The summed E-state index contributed by atoms with van der Waals surface area (Å²) in [5.74, 6) is -1.17. The third kappa shape index (κ3) is 3.10. The van der Waals surface area contributed by atoms with Gasteiger partial charge in [0, 0.05) is 11.1 Å². The molecule has 0 aliphatic carbocycles. The zero-order valence-electron chi connectivity index (χ0n) is 13.0. The van der Waals surface area contributed by atoms with Gasteiger partial charge in [-0.2, -0.15) is 0 Å². The summed E-state index contributed by atoms with van der Waals surface area (Å²) in [4.78, 5) is 26.7. The van der Waals surface area contributed by atoms with Crippen LogP contribution in [-0.2, 0) is 9.84 Å².